The number of ether oxygens (including phenoxy) is 1. The van der Waals surface area contributed by atoms with Crippen LogP contribution >= 0.6 is 0 Å². The van der Waals surface area contributed by atoms with Gasteiger partial charge in [0.1, 0.15) is 6.10 Å². The molecule has 0 saturated carbocycles. The molecule has 0 bridgehead atoms. The number of hydrogen-bond donors (Lipinski definition) is 2. The largest absolute Gasteiger partial charge is 0.459 e. The molecule has 1 rings (SSSR count). The van der Waals surface area contributed by atoms with Gasteiger partial charge in [-0.3, -0.25) is 0 Å². The summed E-state index contributed by atoms with van der Waals surface area (Å²) in [5.41, 5.74) is 12.6. The normalized spacial score (nSPS) is 10.4. The number of benzene rings is 1. The maximum absolute atomic E-state index is 11.7. The van der Waals surface area contributed by atoms with Crippen LogP contribution in [0.2, 0.25) is 0 Å². The molecule has 0 aliphatic carbocycles. The monoisotopic (exact) mass is 222 g/mol. The standard InChI is InChI=1S/C12H18N2O2/c1-3-11(4-2)16-12(15)8-5-9(13)7-10(14)6-8/h5-7,11H,3-4,13-14H2,1-2H3. The number of carbonyl (C=O) groups is 1. The fourth-order valence-corrected chi connectivity index (χ4v) is 1.47. The van der Waals surface area contributed by atoms with Crippen LogP contribution in [0, 0.1) is 0 Å². The predicted molar refractivity (Wildman–Crippen MR) is 65.1 cm³/mol. The lowest BCUT2D eigenvalue weighted by molar-refractivity contribution is 0.0284. The van der Waals surface area contributed by atoms with E-state index < -0.39 is 0 Å². The zero-order chi connectivity index (χ0) is 12.1. The SMILES string of the molecule is CCC(CC)OC(=O)c1cc(N)cc(N)c1. The quantitative estimate of drug-likeness (QED) is 0.604. The zero-order valence-electron chi connectivity index (χ0n) is 9.69. The van der Waals surface area contributed by atoms with Crippen LogP contribution in [0.25, 0.3) is 0 Å². The molecule has 88 valence electrons. The van der Waals surface area contributed by atoms with Gasteiger partial charge in [0, 0.05) is 11.4 Å². The predicted octanol–water partition coefficient (Wildman–Crippen LogP) is 2.20. The fourth-order valence-electron chi connectivity index (χ4n) is 1.47. The second-order valence-corrected chi connectivity index (χ2v) is 3.73. The molecule has 0 unspecified atom stereocenters. The molecule has 0 amide bonds. The van der Waals surface area contributed by atoms with Crippen LogP contribution in [0.4, 0.5) is 11.4 Å². The summed E-state index contributed by atoms with van der Waals surface area (Å²) < 4.78 is 5.29. The first kappa shape index (κ1) is 12.4. The van der Waals surface area contributed by atoms with E-state index in [2.05, 4.69) is 0 Å². The number of rotatable bonds is 4. The molecular formula is C12H18N2O2. The Kier molecular flexibility index (Phi) is 4.17. The van der Waals surface area contributed by atoms with Gasteiger partial charge in [-0.25, -0.2) is 4.79 Å². The lowest BCUT2D eigenvalue weighted by Crippen LogP contribution is -2.16. The molecule has 0 atom stereocenters. The summed E-state index contributed by atoms with van der Waals surface area (Å²) in [6.45, 7) is 3.96. The minimum absolute atomic E-state index is 0.0462. The first-order chi connectivity index (χ1) is 7.56. The van der Waals surface area contributed by atoms with Crippen molar-refractivity contribution in [3.63, 3.8) is 0 Å². The van der Waals surface area contributed by atoms with E-state index in [9.17, 15) is 4.79 Å². The minimum Gasteiger partial charge on any atom is -0.459 e. The highest BCUT2D eigenvalue weighted by Crippen LogP contribution is 2.16. The molecule has 4 N–H and O–H groups in total. The Hall–Kier alpha value is -1.71. The second kappa shape index (κ2) is 5.39. The Morgan fingerprint density at radius 1 is 1.19 bits per heavy atom. The van der Waals surface area contributed by atoms with Crippen LogP contribution in [-0.4, -0.2) is 12.1 Å². The van der Waals surface area contributed by atoms with Crippen molar-refractivity contribution in [2.45, 2.75) is 32.8 Å². The highest BCUT2D eigenvalue weighted by atomic mass is 16.5. The number of hydrogen-bond acceptors (Lipinski definition) is 4. The van der Waals surface area contributed by atoms with Crippen molar-refractivity contribution in [2.75, 3.05) is 11.5 Å². The van der Waals surface area contributed by atoms with Crippen LogP contribution in [0.1, 0.15) is 37.0 Å². The second-order valence-electron chi connectivity index (χ2n) is 3.73. The Labute approximate surface area is 95.6 Å². The smallest absolute Gasteiger partial charge is 0.338 e. The van der Waals surface area contributed by atoms with E-state index >= 15 is 0 Å². The van der Waals surface area contributed by atoms with Crippen molar-refractivity contribution < 1.29 is 9.53 Å². The number of esters is 1. The molecule has 1 aromatic rings. The maximum atomic E-state index is 11.7. The van der Waals surface area contributed by atoms with Gasteiger partial charge in [0.15, 0.2) is 0 Å². The van der Waals surface area contributed by atoms with Crippen molar-refractivity contribution in [3.05, 3.63) is 23.8 Å². The van der Waals surface area contributed by atoms with Gasteiger partial charge in [-0.1, -0.05) is 13.8 Å². The summed E-state index contributed by atoms with van der Waals surface area (Å²) in [6, 6.07) is 4.75. The molecule has 0 aliphatic heterocycles. The Balaban J connectivity index is 2.80. The number of nitrogens with two attached hydrogens (primary N) is 2. The van der Waals surface area contributed by atoms with Crippen molar-refractivity contribution >= 4 is 17.3 Å². The van der Waals surface area contributed by atoms with Crippen LogP contribution < -0.4 is 11.5 Å². The van der Waals surface area contributed by atoms with Gasteiger partial charge >= 0.3 is 5.97 Å². The van der Waals surface area contributed by atoms with Gasteiger partial charge in [-0.05, 0) is 31.0 Å². The summed E-state index contributed by atoms with van der Waals surface area (Å²) in [5, 5.41) is 0. The van der Waals surface area contributed by atoms with Gasteiger partial charge in [0.05, 0.1) is 5.56 Å². The summed E-state index contributed by atoms with van der Waals surface area (Å²) in [6.07, 6.45) is 1.57. The van der Waals surface area contributed by atoms with Gasteiger partial charge in [0.2, 0.25) is 0 Å². The van der Waals surface area contributed by atoms with Crippen molar-refractivity contribution in [1.82, 2.24) is 0 Å². The van der Waals surface area contributed by atoms with E-state index in [1.165, 1.54) is 0 Å². The number of anilines is 2. The van der Waals surface area contributed by atoms with Crippen LogP contribution in [0.15, 0.2) is 18.2 Å². The van der Waals surface area contributed by atoms with Gasteiger partial charge in [-0.2, -0.15) is 0 Å². The first-order valence-electron chi connectivity index (χ1n) is 5.43. The third kappa shape index (κ3) is 3.15. The lowest BCUT2D eigenvalue weighted by Gasteiger charge is -2.14. The number of carbonyl (C=O) groups excluding carboxylic acids is 1. The zero-order valence-corrected chi connectivity index (χ0v) is 9.69. The van der Waals surface area contributed by atoms with Crippen LogP contribution in [-0.2, 0) is 4.74 Å². The molecule has 0 fully saturated rings. The lowest BCUT2D eigenvalue weighted by atomic mass is 10.1. The maximum Gasteiger partial charge on any atom is 0.338 e. The van der Waals surface area contributed by atoms with Gasteiger partial charge in [0.25, 0.3) is 0 Å². The van der Waals surface area contributed by atoms with E-state index in [0.717, 1.165) is 12.8 Å². The average molecular weight is 222 g/mol. The molecule has 0 aliphatic rings. The molecule has 4 nitrogen and oxygen atoms in total. The third-order valence-electron chi connectivity index (χ3n) is 2.40. The van der Waals surface area contributed by atoms with Crippen molar-refractivity contribution in [3.8, 4) is 0 Å². The molecule has 0 radical (unpaired) electrons. The molecule has 1 aromatic carbocycles. The van der Waals surface area contributed by atoms with E-state index in [0.29, 0.717) is 16.9 Å². The Bertz CT molecular complexity index is 353. The topological polar surface area (TPSA) is 78.3 Å². The molecule has 0 aromatic heterocycles. The summed E-state index contributed by atoms with van der Waals surface area (Å²) in [5.74, 6) is -0.368. The van der Waals surface area contributed by atoms with Crippen LogP contribution in [0.5, 0.6) is 0 Å². The van der Waals surface area contributed by atoms with Crippen molar-refractivity contribution in [1.29, 1.82) is 0 Å². The molecular weight excluding hydrogens is 204 g/mol. The van der Waals surface area contributed by atoms with E-state index in [1.54, 1.807) is 18.2 Å². The molecule has 0 saturated heterocycles. The van der Waals surface area contributed by atoms with E-state index in [4.69, 9.17) is 16.2 Å². The van der Waals surface area contributed by atoms with E-state index in [1.807, 2.05) is 13.8 Å². The molecule has 0 heterocycles. The van der Waals surface area contributed by atoms with E-state index in [-0.39, 0.29) is 12.1 Å². The van der Waals surface area contributed by atoms with Crippen molar-refractivity contribution in [2.24, 2.45) is 0 Å². The van der Waals surface area contributed by atoms with Crippen LogP contribution in [0.3, 0.4) is 0 Å². The fraction of sp³-hybridized carbons (Fsp3) is 0.417. The summed E-state index contributed by atoms with van der Waals surface area (Å²) in [7, 11) is 0. The molecule has 4 heteroatoms. The first-order valence-corrected chi connectivity index (χ1v) is 5.43. The Morgan fingerprint density at radius 3 is 2.12 bits per heavy atom. The number of nitrogen functional groups attached to an aromatic ring is 2. The summed E-state index contributed by atoms with van der Waals surface area (Å²) >= 11 is 0. The highest BCUT2D eigenvalue weighted by molar-refractivity contribution is 5.91. The summed E-state index contributed by atoms with van der Waals surface area (Å²) in [4.78, 5) is 11.7. The average Bonchev–Trinajstić information content (AvgIpc) is 2.24. The minimum atomic E-state index is -0.368. The van der Waals surface area contributed by atoms with Gasteiger partial charge in [-0.15, -0.1) is 0 Å². The Morgan fingerprint density at radius 2 is 1.69 bits per heavy atom. The molecule has 0 spiro atoms. The third-order valence-corrected chi connectivity index (χ3v) is 2.40. The molecule has 16 heavy (non-hydrogen) atoms. The highest BCUT2D eigenvalue weighted by Gasteiger charge is 2.13. The van der Waals surface area contributed by atoms with Gasteiger partial charge < -0.3 is 16.2 Å².